The van der Waals surface area contributed by atoms with Crippen LogP contribution in [-0.2, 0) is 0 Å². The second-order valence-corrected chi connectivity index (χ2v) is 17.8. The van der Waals surface area contributed by atoms with E-state index in [-0.39, 0.29) is 0 Å². The van der Waals surface area contributed by atoms with Crippen LogP contribution in [0.5, 0.6) is 0 Å². The van der Waals surface area contributed by atoms with Gasteiger partial charge in [0.2, 0.25) is 0 Å². The Balaban J connectivity index is 0.955. The maximum absolute atomic E-state index is 9.73. The van der Waals surface area contributed by atoms with Gasteiger partial charge in [-0.1, -0.05) is 164 Å². The second-order valence-electron chi connectivity index (χ2n) is 17.8. The molecule has 0 bridgehead atoms. The Morgan fingerprint density at radius 1 is 0.371 bits per heavy atom. The maximum atomic E-state index is 9.73. The molecule has 1 aromatic heterocycles. The molecule has 0 N–H and O–H groups in total. The van der Waals surface area contributed by atoms with Crippen molar-refractivity contribution < 1.29 is 0 Å². The van der Waals surface area contributed by atoms with Crippen molar-refractivity contribution in [3.8, 4) is 56.5 Å². The van der Waals surface area contributed by atoms with Crippen molar-refractivity contribution in [3.05, 3.63) is 260 Å². The van der Waals surface area contributed by atoms with Gasteiger partial charge in [-0.15, -0.1) is 0 Å². The molecule has 0 unspecified atom stereocenters. The Bertz CT molecular complexity index is 4150. The van der Waals surface area contributed by atoms with Gasteiger partial charge in [0.05, 0.1) is 22.7 Å². The van der Waals surface area contributed by atoms with Crippen LogP contribution in [0.3, 0.4) is 0 Å². The van der Waals surface area contributed by atoms with Gasteiger partial charge in [-0.05, 0) is 167 Å². The first-order valence-corrected chi connectivity index (χ1v) is 23.7. The molecule has 326 valence electrons. The summed E-state index contributed by atoms with van der Waals surface area (Å²) in [6.07, 6.45) is 0. The van der Waals surface area contributed by atoms with Gasteiger partial charge < -0.3 is 4.90 Å². The lowest BCUT2D eigenvalue weighted by Gasteiger charge is -2.26. The van der Waals surface area contributed by atoms with Gasteiger partial charge in [0.25, 0.3) is 0 Å². The summed E-state index contributed by atoms with van der Waals surface area (Å²) in [5.41, 5.74) is 14.8. The first-order chi connectivity index (χ1) is 34.7. The molecule has 13 aromatic rings. The largest absolute Gasteiger partial charge is 0.311 e. The molecule has 0 aliphatic carbocycles. The fourth-order valence-electron chi connectivity index (χ4n) is 10.6. The van der Waals surface area contributed by atoms with Crippen molar-refractivity contribution in [3.63, 3.8) is 0 Å². The fourth-order valence-corrected chi connectivity index (χ4v) is 10.6. The summed E-state index contributed by atoms with van der Waals surface area (Å²) in [7, 11) is 0. The van der Waals surface area contributed by atoms with Crippen molar-refractivity contribution in [2.24, 2.45) is 0 Å². The number of aromatic nitrogens is 2. The summed E-state index contributed by atoms with van der Waals surface area (Å²) in [4.78, 5) is 7.37. The normalized spacial score (nSPS) is 11.4. The fraction of sp³-hybridized carbons (Fsp3) is 0. The van der Waals surface area contributed by atoms with Gasteiger partial charge in [0, 0.05) is 28.3 Å². The zero-order chi connectivity index (χ0) is 46.5. The molecule has 0 fully saturated rings. The number of hydrogen-bond acceptors (Lipinski definition) is 3. The molecular formula is C66H42N4. The van der Waals surface area contributed by atoms with Crippen molar-refractivity contribution >= 4 is 71.2 Å². The topological polar surface area (TPSA) is 44.9 Å². The number of benzene rings is 12. The Labute approximate surface area is 405 Å². The average molecular weight is 891 g/mol. The minimum atomic E-state index is 0.616. The van der Waals surface area contributed by atoms with E-state index in [9.17, 15) is 5.26 Å². The number of nitrogens with zero attached hydrogens (tertiary/aromatic N) is 4. The van der Waals surface area contributed by atoms with Crippen LogP contribution in [0.15, 0.2) is 255 Å². The highest BCUT2D eigenvalue weighted by Gasteiger charge is 2.21. The zero-order valence-corrected chi connectivity index (χ0v) is 38.0. The van der Waals surface area contributed by atoms with Crippen LogP contribution < -0.4 is 4.90 Å². The summed E-state index contributed by atoms with van der Waals surface area (Å²) in [5.74, 6) is 0.879. The predicted octanol–water partition coefficient (Wildman–Crippen LogP) is 17.6. The zero-order valence-electron chi connectivity index (χ0n) is 38.0. The van der Waals surface area contributed by atoms with Gasteiger partial charge in [0.15, 0.2) is 0 Å². The summed E-state index contributed by atoms with van der Waals surface area (Å²) in [5, 5.41) is 19.5. The highest BCUT2D eigenvalue weighted by Crippen LogP contribution is 2.48. The van der Waals surface area contributed by atoms with E-state index in [2.05, 4.69) is 234 Å². The second kappa shape index (κ2) is 16.9. The van der Waals surface area contributed by atoms with Crippen molar-refractivity contribution in [1.82, 2.24) is 9.55 Å². The number of para-hydroxylation sites is 3. The third-order valence-electron chi connectivity index (χ3n) is 13.8. The van der Waals surface area contributed by atoms with E-state index in [1.807, 2.05) is 36.4 Å². The molecule has 4 nitrogen and oxygen atoms in total. The molecular weight excluding hydrogens is 849 g/mol. The standard InChI is InChI=1S/C66H42N4/c67-43-44-28-35-51(36-29-44)69(53-39-32-48(33-40-53)66-68-62-26-10-11-27-63(62)70(66)50-18-2-1-3-19-50)52-37-30-45(31-38-52)49-34-41-60-61(42-49)65(57-25-13-17-47-15-5-7-21-55(47)57)59-23-9-8-22-58(59)64(60)56-24-12-16-46-14-4-6-20-54(46)56/h1-42H. The van der Waals surface area contributed by atoms with Crippen molar-refractivity contribution in [2.45, 2.75) is 0 Å². The van der Waals surface area contributed by atoms with E-state index >= 15 is 0 Å². The first-order valence-electron chi connectivity index (χ1n) is 23.7. The smallest absolute Gasteiger partial charge is 0.145 e. The molecule has 1 heterocycles. The summed E-state index contributed by atoms with van der Waals surface area (Å²) in [6, 6.07) is 93.0. The van der Waals surface area contributed by atoms with Crippen LogP contribution in [0.4, 0.5) is 17.1 Å². The lowest BCUT2D eigenvalue weighted by molar-refractivity contribution is 1.10. The number of imidazole rings is 1. The maximum Gasteiger partial charge on any atom is 0.145 e. The molecule has 0 saturated heterocycles. The highest BCUT2D eigenvalue weighted by molar-refractivity contribution is 6.25. The Hall–Kier alpha value is -9.56. The third-order valence-corrected chi connectivity index (χ3v) is 13.8. The Kier molecular flexibility index (Phi) is 9.85. The average Bonchev–Trinajstić information content (AvgIpc) is 3.83. The van der Waals surface area contributed by atoms with E-state index in [1.165, 1.54) is 65.3 Å². The Morgan fingerprint density at radius 3 is 1.46 bits per heavy atom. The summed E-state index contributed by atoms with van der Waals surface area (Å²) < 4.78 is 2.23. The molecule has 0 atom stereocenters. The SMILES string of the molecule is N#Cc1ccc(N(c2ccc(-c3ccc4c(-c5cccc6ccccc56)c5ccccc5c(-c5cccc6ccccc56)c4c3)cc2)c2ccc(-c3nc4ccccc4n3-c3ccccc3)cc2)cc1. The minimum Gasteiger partial charge on any atom is -0.311 e. The van der Waals surface area contributed by atoms with E-state index in [0.717, 1.165) is 56.3 Å². The number of nitriles is 1. The molecule has 70 heavy (non-hydrogen) atoms. The quantitative estimate of drug-likeness (QED) is 0.143. The molecule has 4 heteroatoms. The van der Waals surface area contributed by atoms with Crippen molar-refractivity contribution in [1.29, 1.82) is 5.26 Å². The van der Waals surface area contributed by atoms with E-state index < -0.39 is 0 Å². The molecule has 13 rings (SSSR count). The Morgan fingerprint density at radius 2 is 0.843 bits per heavy atom. The van der Waals surface area contributed by atoms with Crippen LogP contribution in [0, 0.1) is 11.3 Å². The van der Waals surface area contributed by atoms with E-state index in [4.69, 9.17) is 4.98 Å². The van der Waals surface area contributed by atoms with E-state index in [0.29, 0.717) is 5.56 Å². The molecule has 0 saturated carbocycles. The van der Waals surface area contributed by atoms with Crippen LogP contribution in [0.1, 0.15) is 5.56 Å². The van der Waals surface area contributed by atoms with Gasteiger partial charge in [0.1, 0.15) is 5.82 Å². The number of anilines is 3. The first kappa shape index (κ1) is 40.7. The summed E-state index contributed by atoms with van der Waals surface area (Å²) in [6.45, 7) is 0. The highest BCUT2D eigenvalue weighted by atomic mass is 15.1. The van der Waals surface area contributed by atoms with Crippen LogP contribution in [-0.4, -0.2) is 9.55 Å². The van der Waals surface area contributed by atoms with Crippen LogP contribution >= 0.6 is 0 Å². The number of fused-ring (bicyclic) bond motifs is 5. The lowest BCUT2D eigenvalue weighted by atomic mass is 9.83. The van der Waals surface area contributed by atoms with E-state index in [1.54, 1.807) is 0 Å². The minimum absolute atomic E-state index is 0.616. The number of rotatable bonds is 8. The van der Waals surface area contributed by atoms with Crippen LogP contribution in [0.25, 0.3) is 105 Å². The van der Waals surface area contributed by atoms with Gasteiger partial charge in [-0.2, -0.15) is 5.26 Å². The monoisotopic (exact) mass is 890 g/mol. The van der Waals surface area contributed by atoms with Gasteiger partial charge in [-0.3, -0.25) is 4.57 Å². The molecule has 0 amide bonds. The molecule has 12 aromatic carbocycles. The van der Waals surface area contributed by atoms with Gasteiger partial charge in [-0.25, -0.2) is 4.98 Å². The van der Waals surface area contributed by atoms with Gasteiger partial charge >= 0.3 is 0 Å². The lowest BCUT2D eigenvalue weighted by Crippen LogP contribution is -2.10. The molecule has 0 aliphatic rings. The molecule has 0 spiro atoms. The van der Waals surface area contributed by atoms with Crippen LogP contribution in [0.2, 0.25) is 0 Å². The molecule has 0 radical (unpaired) electrons. The molecule has 0 aliphatic heterocycles. The third kappa shape index (κ3) is 6.88. The number of hydrogen-bond donors (Lipinski definition) is 0. The predicted molar refractivity (Wildman–Crippen MR) is 292 cm³/mol. The summed E-state index contributed by atoms with van der Waals surface area (Å²) >= 11 is 0. The van der Waals surface area contributed by atoms with Crippen molar-refractivity contribution in [2.75, 3.05) is 4.90 Å².